The van der Waals surface area contributed by atoms with E-state index in [0.717, 1.165) is 47.3 Å². The SMILES string of the molecule is CC(C)[C@H]1Cc2[nH]c(-c3ccncc3)c(Nc3ccccc3)c2C(C=O)C1. The smallest absolute Gasteiger partial charge is 0.127 e. The standard InChI is InChI=1S/C23H25N3O/c1-15(2)17-12-18(14-27)21-20(13-17)26-22(16-8-10-24-11-9-16)23(21)25-19-6-4-3-5-7-19/h3-11,14-15,17-18,25-26H,12-13H2,1-2H3/t17-,18?/m1/s1. The molecule has 0 saturated heterocycles. The molecule has 2 N–H and O–H groups in total. The normalized spacial score (nSPS) is 18.9. The van der Waals surface area contributed by atoms with Gasteiger partial charge in [0.25, 0.3) is 0 Å². The fourth-order valence-electron chi connectivity index (χ4n) is 4.09. The average molecular weight is 359 g/mol. The lowest BCUT2D eigenvalue weighted by molar-refractivity contribution is -0.109. The number of H-pyrrole nitrogens is 1. The van der Waals surface area contributed by atoms with E-state index in [2.05, 4.69) is 29.1 Å². The highest BCUT2D eigenvalue weighted by atomic mass is 16.1. The molecule has 3 aromatic rings. The van der Waals surface area contributed by atoms with E-state index in [1.54, 1.807) is 12.4 Å². The number of carbonyl (C=O) groups excluding carboxylic acids is 1. The van der Waals surface area contributed by atoms with Crippen LogP contribution in [0.4, 0.5) is 11.4 Å². The molecule has 1 unspecified atom stereocenters. The number of anilines is 2. The molecule has 138 valence electrons. The number of nitrogens with zero attached hydrogens (tertiary/aromatic N) is 1. The van der Waals surface area contributed by atoms with Gasteiger partial charge in [-0.1, -0.05) is 32.0 Å². The molecule has 1 aliphatic rings. The van der Waals surface area contributed by atoms with Gasteiger partial charge in [-0.25, -0.2) is 0 Å². The van der Waals surface area contributed by atoms with Crippen LogP contribution in [0.25, 0.3) is 11.3 Å². The van der Waals surface area contributed by atoms with Gasteiger partial charge in [-0.15, -0.1) is 0 Å². The molecule has 27 heavy (non-hydrogen) atoms. The van der Waals surface area contributed by atoms with Crippen molar-refractivity contribution in [2.75, 3.05) is 5.32 Å². The highest BCUT2D eigenvalue weighted by Gasteiger charge is 2.33. The maximum atomic E-state index is 12.0. The first kappa shape index (κ1) is 17.5. The number of nitrogens with one attached hydrogen (secondary N) is 2. The Morgan fingerprint density at radius 3 is 2.56 bits per heavy atom. The average Bonchev–Trinajstić information content (AvgIpc) is 3.07. The van der Waals surface area contributed by atoms with Crippen molar-refractivity contribution in [1.29, 1.82) is 0 Å². The molecular weight excluding hydrogens is 334 g/mol. The number of aromatic nitrogens is 2. The van der Waals surface area contributed by atoms with Crippen LogP contribution in [0.1, 0.15) is 37.4 Å². The van der Waals surface area contributed by atoms with Crippen LogP contribution in [0.5, 0.6) is 0 Å². The van der Waals surface area contributed by atoms with Gasteiger partial charge >= 0.3 is 0 Å². The van der Waals surface area contributed by atoms with Crippen molar-refractivity contribution in [3.63, 3.8) is 0 Å². The van der Waals surface area contributed by atoms with Crippen molar-refractivity contribution in [1.82, 2.24) is 9.97 Å². The summed E-state index contributed by atoms with van der Waals surface area (Å²) >= 11 is 0. The number of hydrogen-bond acceptors (Lipinski definition) is 3. The monoisotopic (exact) mass is 359 g/mol. The molecule has 0 aliphatic heterocycles. The van der Waals surface area contributed by atoms with Gasteiger partial charge in [0, 0.05) is 40.8 Å². The van der Waals surface area contributed by atoms with Gasteiger partial charge in [-0.3, -0.25) is 4.98 Å². The maximum Gasteiger partial charge on any atom is 0.127 e. The molecule has 4 heteroatoms. The molecule has 0 radical (unpaired) electrons. The molecule has 1 aromatic carbocycles. The number of hydrogen-bond donors (Lipinski definition) is 2. The highest BCUT2D eigenvalue weighted by Crippen LogP contribution is 2.45. The van der Waals surface area contributed by atoms with E-state index in [-0.39, 0.29) is 5.92 Å². The van der Waals surface area contributed by atoms with Crippen LogP contribution < -0.4 is 5.32 Å². The number of aromatic amines is 1. The van der Waals surface area contributed by atoms with Crippen molar-refractivity contribution in [2.24, 2.45) is 11.8 Å². The summed E-state index contributed by atoms with van der Waals surface area (Å²) in [7, 11) is 0. The Labute approximate surface area is 160 Å². The van der Waals surface area contributed by atoms with E-state index in [1.807, 2.05) is 42.5 Å². The Morgan fingerprint density at radius 1 is 1.15 bits per heavy atom. The molecule has 2 heterocycles. The number of para-hydroxylation sites is 1. The number of carbonyl (C=O) groups is 1. The Bertz CT molecular complexity index is 916. The minimum absolute atomic E-state index is 0.0841. The van der Waals surface area contributed by atoms with E-state index >= 15 is 0 Å². The zero-order valence-corrected chi connectivity index (χ0v) is 15.8. The lowest BCUT2D eigenvalue weighted by atomic mass is 9.75. The van der Waals surface area contributed by atoms with Gasteiger partial charge in [-0.05, 0) is 48.9 Å². The topological polar surface area (TPSA) is 57.8 Å². The Hall–Kier alpha value is -2.88. The Morgan fingerprint density at radius 2 is 1.89 bits per heavy atom. The molecular formula is C23H25N3O. The molecule has 4 rings (SSSR count). The summed E-state index contributed by atoms with van der Waals surface area (Å²) in [4.78, 5) is 19.8. The largest absolute Gasteiger partial charge is 0.356 e. The first-order valence-corrected chi connectivity index (χ1v) is 9.60. The van der Waals surface area contributed by atoms with Crippen molar-refractivity contribution >= 4 is 17.7 Å². The summed E-state index contributed by atoms with van der Waals surface area (Å²) in [5.41, 5.74) is 6.44. The molecule has 0 fully saturated rings. The minimum Gasteiger partial charge on any atom is -0.356 e. The van der Waals surface area contributed by atoms with E-state index < -0.39 is 0 Å². The van der Waals surface area contributed by atoms with Crippen LogP contribution in [-0.2, 0) is 11.2 Å². The number of pyridine rings is 1. The number of benzene rings is 1. The fourth-order valence-corrected chi connectivity index (χ4v) is 4.09. The first-order chi connectivity index (χ1) is 13.2. The van der Waals surface area contributed by atoms with E-state index in [0.29, 0.717) is 11.8 Å². The van der Waals surface area contributed by atoms with Crippen molar-refractivity contribution in [2.45, 2.75) is 32.6 Å². The third-order valence-electron chi connectivity index (χ3n) is 5.63. The van der Waals surface area contributed by atoms with Crippen molar-refractivity contribution < 1.29 is 4.79 Å². The summed E-state index contributed by atoms with van der Waals surface area (Å²) in [5.74, 6) is 0.985. The molecule has 0 bridgehead atoms. The molecule has 4 nitrogen and oxygen atoms in total. The van der Waals surface area contributed by atoms with Crippen LogP contribution in [-0.4, -0.2) is 16.3 Å². The van der Waals surface area contributed by atoms with Gasteiger partial charge < -0.3 is 15.1 Å². The van der Waals surface area contributed by atoms with Crippen molar-refractivity contribution in [3.05, 3.63) is 66.1 Å². The second-order valence-electron chi connectivity index (χ2n) is 7.68. The van der Waals surface area contributed by atoms with Crippen molar-refractivity contribution in [3.8, 4) is 11.3 Å². The summed E-state index contributed by atoms with van der Waals surface area (Å²) in [5, 5.41) is 3.58. The quantitative estimate of drug-likeness (QED) is 0.606. The van der Waals surface area contributed by atoms with E-state index in [1.165, 1.54) is 5.69 Å². The van der Waals surface area contributed by atoms with E-state index in [4.69, 9.17) is 0 Å². The second-order valence-corrected chi connectivity index (χ2v) is 7.68. The Kier molecular flexibility index (Phi) is 4.80. The second kappa shape index (κ2) is 7.39. The predicted octanol–water partition coefficient (Wildman–Crippen LogP) is 5.32. The summed E-state index contributed by atoms with van der Waals surface area (Å²) in [6.07, 6.45) is 6.61. The molecule has 2 aromatic heterocycles. The molecule has 1 aliphatic carbocycles. The zero-order chi connectivity index (χ0) is 18.8. The number of aldehydes is 1. The Balaban J connectivity index is 1.86. The summed E-state index contributed by atoms with van der Waals surface area (Å²) in [6.45, 7) is 4.49. The third-order valence-corrected chi connectivity index (χ3v) is 5.63. The molecule has 0 saturated carbocycles. The molecule has 0 spiro atoms. The molecule has 2 atom stereocenters. The van der Waals surface area contributed by atoms with Crippen LogP contribution in [0.3, 0.4) is 0 Å². The van der Waals surface area contributed by atoms with E-state index in [9.17, 15) is 4.79 Å². The van der Waals surface area contributed by atoms with Crippen LogP contribution in [0.2, 0.25) is 0 Å². The summed E-state index contributed by atoms with van der Waals surface area (Å²) < 4.78 is 0. The third kappa shape index (κ3) is 3.39. The van der Waals surface area contributed by atoms with Gasteiger partial charge in [0.1, 0.15) is 6.29 Å². The summed E-state index contributed by atoms with van der Waals surface area (Å²) in [6, 6.07) is 14.1. The lowest BCUT2D eigenvalue weighted by Gasteiger charge is -2.30. The highest BCUT2D eigenvalue weighted by molar-refractivity contribution is 5.86. The van der Waals surface area contributed by atoms with Gasteiger partial charge in [0.05, 0.1) is 11.4 Å². The van der Waals surface area contributed by atoms with Gasteiger partial charge in [-0.2, -0.15) is 0 Å². The predicted molar refractivity (Wildman–Crippen MR) is 109 cm³/mol. The van der Waals surface area contributed by atoms with Crippen LogP contribution in [0, 0.1) is 11.8 Å². The maximum absolute atomic E-state index is 12.0. The number of rotatable bonds is 5. The lowest BCUT2D eigenvalue weighted by Crippen LogP contribution is -2.23. The zero-order valence-electron chi connectivity index (χ0n) is 15.8. The van der Waals surface area contributed by atoms with Crippen LogP contribution in [0.15, 0.2) is 54.9 Å². The fraction of sp³-hybridized carbons (Fsp3) is 0.304. The van der Waals surface area contributed by atoms with Crippen LogP contribution >= 0.6 is 0 Å². The van der Waals surface area contributed by atoms with Gasteiger partial charge in [0.15, 0.2) is 0 Å². The molecule has 0 amide bonds. The first-order valence-electron chi connectivity index (χ1n) is 9.60. The van der Waals surface area contributed by atoms with Gasteiger partial charge in [0.2, 0.25) is 0 Å². The number of fused-ring (bicyclic) bond motifs is 1. The minimum atomic E-state index is -0.0841.